The molecule has 0 bridgehead atoms. The quantitative estimate of drug-likeness (QED) is 0.532. The monoisotopic (exact) mass is 464 g/mol. The molecule has 2 atom stereocenters. The van der Waals surface area contributed by atoms with E-state index in [4.69, 9.17) is 9.84 Å². The van der Waals surface area contributed by atoms with Crippen LogP contribution in [0.1, 0.15) is 71.1 Å². The number of nitrogens with zero attached hydrogens (tertiary/aromatic N) is 4. The predicted molar refractivity (Wildman–Crippen MR) is 127 cm³/mol. The van der Waals surface area contributed by atoms with Gasteiger partial charge in [-0.05, 0) is 77.4 Å². The van der Waals surface area contributed by atoms with Gasteiger partial charge >= 0.3 is 12.1 Å². The maximum Gasteiger partial charge on any atom is 0.411 e. The van der Waals surface area contributed by atoms with Gasteiger partial charge in [0, 0.05) is 45.2 Å². The second-order valence-corrected chi connectivity index (χ2v) is 10.6. The standard InChI is InChI=1S/C25H44N4O4/c1-20-24(28-18-16-26(17-19-28)12-5-9-23(30)31)33-25(32)29(20)13-4-6-21-10-14-27(15-11-21)22-7-2-3-8-22/h20-22,24H,2-19H2,1H3,(H,30,31). The minimum Gasteiger partial charge on any atom is -0.481 e. The number of carboxylic acid groups (broad SMARTS) is 1. The number of piperidine rings is 1. The fraction of sp³-hybridized carbons (Fsp3) is 0.920. The Morgan fingerprint density at radius 3 is 2.30 bits per heavy atom. The van der Waals surface area contributed by atoms with Gasteiger partial charge in [-0.3, -0.25) is 9.69 Å². The van der Waals surface area contributed by atoms with Crippen molar-refractivity contribution in [3.05, 3.63) is 0 Å². The molecule has 1 saturated carbocycles. The Morgan fingerprint density at radius 1 is 0.939 bits per heavy atom. The average molecular weight is 465 g/mol. The van der Waals surface area contributed by atoms with E-state index >= 15 is 0 Å². The fourth-order valence-corrected chi connectivity index (χ4v) is 6.39. The van der Waals surface area contributed by atoms with Crippen molar-refractivity contribution in [3.63, 3.8) is 0 Å². The summed E-state index contributed by atoms with van der Waals surface area (Å²) < 4.78 is 5.80. The third kappa shape index (κ3) is 6.61. The molecule has 0 aromatic carbocycles. The zero-order chi connectivity index (χ0) is 23.2. The van der Waals surface area contributed by atoms with Crippen LogP contribution in [0.15, 0.2) is 0 Å². The highest BCUT2D eigenvalue weighted by molar-refractivity contribution is 5.70. The number of cyclic esters (lactones) is 1. The van der Waals surface area contributed by atoms with Crippen molar-refractivity contribution >= 4 is 12.1 Å². The van der Waals surface area contributed by atoms with Crippen LogP contribution in [0.2, 0.25) is 0 Å². The van der Waals surface area contributed by atoms with E-state index < -0.39 is 5.97 Å². The molecule has 0 radical (unpaired) electrons. The Morgan fingerprint density at radius 2 is 1.64 bits per heavy atom. The lowest BCUT2D eigenvalue weighted by Gasteiger charge is -2.38. The number of amides is 1. The molecule has 1 aliphatic carbocycles. The smallest absolute Gasteiger partial charge is 0.411 e. The van der Waals surface area contributed by atoms with Crippen LogP contribution in [0.4, 0.5) is 4.79 Å². The maximum absolute atomic E-state index is 12.6. The number of likely N-dealkylation sites (tertiary alicyclic amines) is 1. The summed E-state index contributed by atoms with van der Waals surface area (Å²) in [6.45, 7) is 9.81. The molecular formula is C25H44N4O4. The van der Waals surface area contributed by atoms with Crippen LogP contribution >= 0.6 is 0 Å². The first-order valence-electron chi connectivity index (χ1n) is 13.4. The van der Waals surface area contributed by atoms with E-state index in [1.165, 1.54) is 58.0 Å². The zero-order valence-electron chi connectivity index (χ0n) is 20.5. The highest BCUT2D eigenvalue weighted by Crippen LogP contribution is 2.30. The average Bonchev–Trinajstić information content (AvgIpc) is 3.44. The van der Waals surface area contributed by atoms with Gasteiger partial charge in [0.2, 0.25) is 0 Å². The molecule has 3 saturated heterocycles. The second-order valence-electron chi connectivity index (χ2n) is 10.6. The molecule has 188 valence electrons. The summed E-state index contributed by atoms with van der Waals surface area (Å²) in [5.41, 5.74) is 0. The normalized spacial score (nSPS) is 29.1. The van der Waals surface area contributed by atoms with E-state index in [0.29, 0.717) is 6.42 Å². The first-order valence-corrected chi connectivity index (χ1v) is 13.4. The number of hydrogen-bond donors (Lipinski definition) is 1. The van der Waals surface area contributed by atoms with Crippen LogP contribution in [0.25, 0.3) is 0 Å². The molecule has 0 aromatic rings. The minimum atomic E-state index is -0.727. The van der Waals surface area contributed by atoms with Crippen molar-refractivity contribution in [2.45, 2.75) is 89.4 Å². The summed E-state index contributed by atoms with van der Waals surface area (Å²) >= 11 is 0. The minimum absolute atomic E-state index is 0.0836. The molecule has 8 nitrogen and oxygen atoms in total. The van der Waals surface area contributed by atoms with E-state index in [2.05, 4.69) is 21.6 Å². The van der Waals surface area contributed by atoms with Gasteiger partial charge in [-0.15, -0.1) is 0 Å². The Balaban J connectivity index is 1.13. The molecule has 4 aliphatic rings. The molecule has 8 heteroatoms. The second kappa shape index (κ2) is 11.8. The first kappa shape index (κ1) is 24.7. The molecule has 4 rings (SSSR count). The van der Waals surface area contributed by atoms with Crippen molar-refractivity contribution in [2.24, 2.45) is 5.92 Å². The SMILES string of the molecule is CC1C(N2CCN(CCCC(=O)O)CC2)OC(=O)N1CCCC1CCN(C2CCCC2)CC1. The van der Waals surface area contributed by atoms with Crippen LogP contribution in [-0.2, 0) is 9.53 Å². The predicted octanol–water partition coefficient (Wildman–Crippen LogP) is 3.07. The van der Waals surface area contributed by atoms with Crippen LogP contribution in [0.5, 0.6) is 0 Å². The Labute approximate surface area is 199 Å². The van der Waals surface area contributed by atoms with Crippen molar-refractivity contribution in [1.29, 1.82) is 0 Å². The maximum atomic E-state index is 12.6. The van der Waals surface area contributed by atoms with Gasteiger partial charge in [-0.25, -0.2) is 4.79 Å². The Bertz CT molecular complexity index is 640. The summed E-state index contributed by atoms with van der Waals surface area (Å²) in [7, 11) is 0. The van der Waals surface area contributed by atoms with Crippen LogP contribution in [0.3, 0.4) is 0 Å². The number of aliphatic carboxylic acids is 1. The zero-order valence-corrected chi connectivity index (χ0v) is 20.5. The summed E-state index contributed by atoms with van der Waals surface area (Å²) in [4.78, 5) is 32.6. The van der Waals surface area contributed by atoms with E-state index in [9.17, 15) is 9.59 Å². The van der Waals surface area contributed by atoms with E-state index in [-0.39, 0.29) is 24.8 Å². The summed E-state index contributed by atoms with van der Waals surface area (Å²) in [6.07, 6.45) is 11.2. The Kier molecular flexibility index (Phi) is 8.88. The third-order valence-corrected chi connectivity index (χ3v) is 8.49. The molecule has 33 heavy (non-hydrogen) atoms. The molecule has 1 amide bonds. The highest BCUT2D eigenvalue weighted by atomic mass is 16.6. The summed E-state index contributed by atoms with van der Waals surface area (Å²) in [6, 6.07) is 0.940. The number of carboxylic acids is 1. The number of carbonyl (C=O) groups excluding carboxylic acids is 1. The molecule has 0 spiro atoms. The molecular weight excluding hydrogens is 420 g/mol. The van der Waals surface area contributed by atoms with Gasteiger partial charge in [0.05, 0.1) is 6.04 Å². The number of carbonyl (C=O) groups is 2. The fourth-order valence-electron chi connectivity index (χ4n) is 6.39. The number of ether oxygens (including phenoxy) is 1. The van der Waals surface area contributed by atoms with Crippen molar-refractivity contribution < 1.29 is 19.4 Å². The highest BCUT2D eigenvalue weighted by Gasteiger charge is 2.42. The molecule has 4 fully saturated rings. The van der Waals surface area contributed by atoms with Crippen LogP contribution in [-0.4, -0.2) is 107 Å². The summed E-state index contributed by atoms with van der Waals surface area (Å²) in [5.74, 6) is 0.0801. The molecule has 3 heterocycles. The number of piperazine rings is 1. The number of rotatable bonds is 10. The lowest BCUT2D eigenvalue weighted by atomic mass is 9.91. The van der Waals surface area contributed by atoms with Gasteiger partial charge < -0.3 is 24.5 Å². The molecule has 0 aromatic heterocycles. The van der Waals surface area contributed by atoms with Gasteiger partial charge in [0.1, 0.15) is 0 Å². The van der Waals surface area contributed by atoms with Gasteiger partial charge in [0.25, 0.3) is 0 Å². The lowest BCUT2D eigenvalue weighted by molar-refractivity contribution is -0.137. The van der Waals surface area contributed by atoms with Crippen LogP contribution < -0.4 is 0 Å². The summed E-state index contributed by atoms with van der Waals surface area (Å²) in [5, 5.41) is 8.81. The molecule has 1 N–H and O–H groups in total. The van der Waals surface area contributed by atoms with Gasteiger partial charge in [0.15, 0.2) is 6.23 Å². The van der Waals surface area contributed by atoms with Crippen molar-refractivity contribution in [1.82, 2.24) is 19.6 Å². The van der Waals surface area contributed by atoms with Crippen LogP contribution in [0, 0.1) is 5.92 Å². The van der Waals surface area contributed by atoms with E-state index in [0.717, 1.165) is 57.6 Å². The van der Waals surface area contributed by atoms with Crippen molar-refractivity contribution in [3.8, 4) is 0 Å². The first-order chi connectivity index (χ1) is 16.0. The molecule has 2 unspecified atom stereocenters. The van der Waals surface area contributed by atoms with Gasteiger partial charge in [-0.1, -0.05) is 12.8 Å². The number of hydrogen-bond acceptors (Lipinski definition) is 6. The topological polar surface area (TPSA) is 76.6 Å². The largest absolute Gasteiger partial charge is 0.481 e. The third-order valence-electron chi connectivity index (χ3n) is 8.49. The van der Waals surface area contributed by atoms with E-state index in [1.807, 2.05) is 4.90 Å². The van der Waals surface area contributed by atoms with Gasteiger partial charge in [-0.2, -0.15) is 0 Å². The van der Waals surface area contributed by atoms with Crippen molar-refractivity contribution in [2.75, 3.05) is 52.4 Å². The molecule has 3 aliphatic heterocycles. The Hall–Kier alpha value is -1.38. The lowest BCUT2D eigenvalue weighted by Crippen LogP contribution is -2.53. The van der Waals surface area contributed by atoms with E-state index in [1.54, 1.807) is 0 Å².